The zero-order valence-electron chi connectivity index (χ0n) is 16.8. The fraction of sp³-hybridized carbons (Fsp3) is 0.217. The predicted molar refractivity (Wildman–Crippen MR) is 114 cm³/mol. The molecule has 0 saturated heterocycles. The number of Topliss-reactive ketones (excluding diaryl/α,β-unsaturated/α-hetero) is 2. The number of rotatable bonds is 6. The Hall–Kier alpha value is -3.17. The van der Waals surface area contributed by atoms with Gasteiger partial charge in [-0.3, -0.25) is 9.59 Å². The summed E-state index contributed by atoms with van der Waals surface area (Å²) in [5, 5.41) is 9.88. The number of carbonyl (C=O) groups excluding carboxylic acids is 2. The second-order valence-corrected chi connectivity index (χ2v) is 7.77. The van der Waals surface area contributed by atoms with Crippen molar-refractivity contribution in [3.05, 3.63) is 76.2 Å². The Balaban J connectivity index is 1.85. The first-order valence-corrected chi connectivity index (χ1v) is 10.1. The third-order valence-corrected chi connectivity index (χ3v) is 5.75. The quantitative estimate of drug-likeness (QED) is 0.434. The number of para-hydroxylation sites is 1. The SMILES string of the molecule is CC(=O)c1cc(C#N)c(SCC(=O)c2cc(C)n(-c3ccccc3)c2C)nc1C. The van der Waals surface area contributed by atoms with E-state index in [0.29, 0.717) is 27.4 Å². The number of pyridine rings is 1. The minimum atomic E-state index is -0.132. The molecule has 0 fully saturated rings. The lowest BCUT2D eigenvalue weighted by Gasteiger charge is -2.10. The summed E-state index contributed by atoms with van der Waals surface area (Å²) in [6.45, 7) is 7.09. The van der Waals surface area contributed by atoms with Crippen LogP contribution in [0.2, 0.25) is 0 Å². The third kappa shape index (κ3) is 4.15. The lowest BCUT2D eigenvalue weighted by molar-refractivity contribution is 0.101. The number of nitriles is 1. The zero-order chi connectivity index (χ0) is 21.1. The van der Waals surface area contributed by atoms with Crippen LogP contribution in [0.5, 0.6) is 0 Å². The van der Waals surface area contributed by atoms with Crippen molar-refractivity contribution in [2.24, 2.45) is 0 Å². The first-order chi connectivity index (χ1) is 13.8. The molecule has 0 aliphatic heterocycles. The van der Waals surface area contributed by atoms with Crippen molar-refractivity contribution >= 4 is 23.3 Å². The number of hydrogen-bond donors (Lipinski definition) is 0. The second kappa shape index (κ2) is 8.46. The largest absolute Gasteiger partial charge is 0.318 e. The van der Waals surface area contributed by atoms with E-state index in [1.54, 1.807) is 13.0 Å². The van der Waals surface area contributed by atoms with E-state index in [0.717, 1.165) is 17.1 Å². The summed E-state index contributed by atoms with van der Waals surface area (Å²) >= 11 is 1.23. The highest BCUT2D eigenvalue weighted by atomic mass is 32.2. The maximum Gasteiger partial charge on any atom is 0.174 e. The fourth-order valence-electron chi connectivity index (χ4n) is 3.36. The van der Waals surface area contributed by atoms with Gasteiger partial charge in [-0.1, -0.05) is 30.0 Å². The van der Waals surface area contributed by atoms with Crippen LogP contribution in [0.3, 0.4) is 0 Å². The van der Waals surface area contributed by atoms with Crippen LogP contribution < -0.4 is 0 Å². The smallest absolute Gasteiger partial charge is 0.174 e. The van der Waals surface area contributed by atoms with Gasteiger partial charge < -0.3 is 4.57 Å². The summed E-state index contributed by atoms with van der Waals surface area (Å²) in [5.41, 5.74) is 4.86. The van der Waals surface area contributed by atoms with E-state index in [1.807, 2.05) is 50.2 Å². The normalized spacial score (nSPS) is 10.6. The Morgan fingerprint density at radius 2 is 1.79 bits per heavy atom. The van der Waals surface area contributed by atoms with Gasteiger partial charge in [-0.25, -0.2) is 4.98 Å². The molecule has 6 heteroatoms. The lowest BCUT2D eigenvalue weighted by Crippen LogP contribution is -2.07. The van der Waals surface area contributed by atoms with Gasteiger partial charge in [0.15, 0.2) is 11.6 Å². The molecule has 29 heavy (non-hydrogen) atoms. The molecule has 0 saturated carbocycles. The van der Waals surface area contributed by atoms with E-state index in [2.05, 4.69) is 15.6 Å². The van der Waals surface area contributed by atoms with Crippen LogP contribution >= 0.6 is 11.8 Å². The molecule has 5 nitrogen and oxygen atoms in total. The van der Waals surface area contributed by atoms with Crippen molar-refractivity contribution in [1.29, 1.82) is 5.26 Å². The van der Waals surface area contributed by atoms with Gasteiger partial charge in [-0.2, -0.15) is 5.26 Å². The minimum absolute atomic E-state index is 0.0238. The van der Waals surface area contributed by atoms with Crippen molar-refractivity contribution in [3.8, 4) is 11.8 Å². The summed E-state index contributed by atoms with van der Waals surface area (Å²) in [7, 11) is 0. The number of carbonyl (C=O) groups is 2. The third-order valence-electron chi connectivity index (χ3n) is 4.76. The Labute approximate surface area is 174 Å². The highest BCUT2D eigenvalue weighted by Gasteiger charge is 2.19. The van der Waals surface area contributed by atoms with Crippen LogP contribution in [0.4, 0.5) is 0 Å². The molecule has 0 N–H and O–H groups in total. The van der Waals surface area contributed by atoms with Gasteiger partial charge in [0.2, 0.25) is 0 Å². The molecule has 1 aromatic carbocycles. The van der Waals surface area contributed by atoms with Crippen molar-refractivity contribution in [3.63, 3.8) is 0 Å². The Kier molecular flexibility index (Phi) is 6.00. The second-order valence-electron chi connectivity index (χ2n) is 6.81. The van der Waals surface area contributed by atoms with Gasteiger partial charge in [0.05, 0.1) is 11.3 Å². The monoisotopic (exact) mass is 403 g/mol. The zero-order valence-corrected chi connectivity index (χ0v) is 17.6. The van der Waals surface area contributed by atoms with Gasteiger partial charge in [-0.05, 0) is 52.0 Å². The van der Waals surface area contributed by atoms with E-state index in [4.69, 9.17) is 0 Å². The molecule has 0 radical (unpaired) electrons. The predicted octanol–water partition coefficient (Wildman–Crippen LogP) is 4.85. The van der Waals surface area contributed by atoms with Gasteiger partial charge >= 0.3 is 0 Å². The number of aromatic nitrogens is 2. The molecule has 3 rings (SSSR count). The van der Waals surface area contributed by atoms with Gasteiger partial charge in [0, 0.05) is 33.9 Å². The van der Waals surface area contributed by atoms with E-state index >= 15 is 0 Å². The van der Waals surface area contributed by atoms with Crippen molar-refractivity contribution in [1.82, 2.24) is 9.55 Å². The molecule has 0 unspecified atom stereocenters. The molecule has 146 valence electrons. The molecule has 0 amide bonds. The highest BCUT2D eigenvalue weighted by molar-refractivity contribution is 8.00. The molecule has 0 bridgehead atoms. The average molecular weight is 404 g/mol. The van der Waals surface area contributed by atoms with Crippen LogP contribution in [0.25, 0.3) is 5.69 Å². The van der Waals surface area contributed by atoms with Crippen molar-refractivity contribution < 1.29 is 9.59 Å². The van der Waals surface area contributed by atoms with E-state index in [1.165, 1.54) is 18.7 Å². The minimum Gasteiger partial charge on any atom is -0.318 e. The Morgan fingerprint density at radius 1 is 1.10 bits per heavy atom. The van der Waals surface area contributed by atoms with Gasteiger partial charge in [0.25, 0.3) is 0 Å². The molecular weight excluding hydrogens is 382 g/mol. The number of aryl methyl sites for hydroxylation is 2. The Morgan fingerprint density at radius 3 is 2.41 bits per heavy atom. The van der Waals surface area contributed by atoms with E-state index < -0.39 is 0 Å². The number of thioether (sulfide) groups is 1. The summed E-state index contributed by atoms with van der Waals surface area (Å²) in [5.74, 6) is 0.0105. The topological polar surface area (TPSA) is 75.8 Å². The number of hydrogen-bond acceptors (Lipinski definition) is 5. The van der Waals surface area contributed by atoms with Crippen molar-refractivity contribution in [2.75, 3.05) is 5.75 Å². The standard InChI is InChI=1S/C23H21N3O2S/c1-14-10-21(16(3)26(14)19-8-6-5-7-9-19)22(28)13-29-23-18(12-24)11-20(17(4)27)15(2)25-23/h5-11H,13H2,1-4H3. The molecule has 0 aliphatic carbocycles. The van der Waals surface area contributed by atoms with E-state index in [9.17, 15) is 14.9 Å². The van der Waals surface area contributed by atoms with Crippen LogP contribution in [0.1, 0.15) is 50.3 Å². The number of benzene rings is 1. The molecule has 3 aromatic rings. The van der Waals surface area contributed by atoms with Gasteiger partial charge in [0.1, 0.15) is 11.1 Å². The number of nitrogens with zero attached hydrogens (tertiary/aromatic N) is 3. The van der Waals surface area contributed by atoms with Crippen LogP contribution in [0, 0.1) is 32.1 Å². The van der Waals surface area contributed by atoms with E-state index in [-0.39, 0.29) is 17.3 Å². The van der Waals surface area contributed by atoms with Crippen LogP contribution in [-0.4, -0.2) is 26.9 Å². The molecule has 0 aliphatic rings. The van der Waals surface area contributed by atoms with Crippen molar-refractivity contribution in [2.45, 2.75) is 32.7 Å². The average Bonchev–Trinajstić information content (AvgIpc) is 3.00. The summed E-state index contributed by atoms with van der Waals surface area (Å²) in [6.07, 6.45) is 0. The van der Waals surface area contributed by atoms with Gasteiger partial charge in [-0.15, -0.1) is 0 Å². The molecule has 0 atom stereocenters. The summed E-state index contributed by atoms with van der Waals surface area (Å²) < 4.78 is 2.06. The molecule has 2 heterocycles. The number of ketones is 2. The molecular formula is C23H21N3O2S. The van der Waals surface area contributed by atoms with Crippen LogP contribution in [-0.2, 0) is 0 Å². The first kappa shape index (κ1) is 20.6. The highest BCUT2D eigenvalue weighted by Crippen LogP contribution is 2.26. The maximum atomic E-state index is 12.9. The summed E-state index contributed by atoms with van der Waals surface area (Å²) in [4.78, 5) is 29.0. The Bertz CT molecular complexity index is 1140. The molecule has 0 spiro atoms. The fourth-order valence-corrected chi connectivity index (χ4v) is 4.25. The maximum absolute atomic E-state index is 12.9. The lowest BCUT2D eigenvalue weighted by atomic mass is 10.1. The molecule has 2 aromatic heterocycles. The summed E-state index contributed by atoms with van der Waals surface area (Å²) in [6, 6.07) is 15.4. The first-order valence-electron chi connectivity index (χ1n) is 9.16. The van der Waals surface area contributed by atoms with Crippen LogP contribution in [0.15, 0.2) is 47.5 Å².